The van der Waals surface area contributed by atoms with Crippen LogP contribution < -0.4 is 4.90 Å². The summed E-state index contributed by atoms with van der Waals surface area (Å²) in [5.74, 6) is 0.489. The Labute approximate surface area is 162 Å². The van der Waals surface area contributed by atoms with Crippen molar-refractivity contribution in [3.8, 4) is 0 Å². The second-order valence-corrected chi connectivity index (χ2v) is 8.74. The average molecular weight is 375 g/mol. The van der Waals surface area contributed by atoms with Crippen LogP contribution in [-0.2, 0) is 11.2 Å². The summed E-state index contributed by atoms with van der Waals surface area (Å²) in [6.45, 7) is 3.21. The molecule has 142 valence electrons. The van der Waals surface area contributed by atoms with Crippen LogP contribution in [0.4, 0.5) is 5.69 Å². The Morgan fingerprint density at radius 3 is 2.38 bits per heavy atom. The Bertz CT molecular complexity index is 635. The molecule has 1 aliphatic carbocycles. The monoisotopic (exact) mass is 374 g/mol. The summed E-state index contributed by atoms with van der Waals surface area (Å²) >= 11 is 6.61. The van der Waals surface area contributed by atoms with E-state index < -0.39 is 0 Å². The predicted molar refractivity (Wildman–Crippen MR) is 108 cm³/mol. The number of halogens is 1. The smallest absolute Gasteiger partial charge is 0.226 e. The van der Waals surface area contributed by atoms with Gasteiger partial charge in [0.2, 0.25) is 5.91 Å². The molecule has 2 aliphatic heterocycles. The fourth-order valence-electron chi connectivity index (χ4n) is 5.02. The molecule has 0 N–H and O–H groups in total. The fraction of sp³-hybridized carbons (Fsp3) is 0.682. The van der Waals surface area contributed by atoms with Crippen molar-refractivity contribution in [2.75, 3.05) is 24.5 Å². The molecule has 2 heterocycles. The highest BCUT2D eigenvalue weighted by Crippen LogP contribution is 2.33. The summed E-state index contributed by atoms with van der Waals surface area (Å²) in [7, 11) is 0. The lowest BCUT2D eigenvalue weighted by Crippen LogP contribution is -2.39. The minimum atomic E-state index is 0.121. The minimum Gasteiger partial charge on any atom is -0.371 e. The highest BCUT2D eigenvalue weighted by Gasteiger charge is 2.36. The van der Waals surface area contributed by atoms with Crippen LogP contribution in [0.3, 0.4) is 0 Å². The van der Waals surface area contributed by atoms with Crippen molar-refractivity contribution in [3.63, 3.8) is 0 Å². The van der Waals surface area contributed by atoms with Crippen molar-refractivity contribution in [1.29, 1.82) is 0 Å². The van der Waals surface area contributed by atoms with Crippen molar-refractivity contribution in [3.05, 3.63) is 28.8 Å². The Hall–Kier alpha value is -1.22. The third kappa shape index (κ3) is 3.88. The van der Waals surface area contributed by atoms with Crippen molar-refractivity contribution in [2.24, 2.45) is 5.92 Å². The van der Waals surface area contributed by atoms with E-state index in [0.717, 1.165) is 43.1 Å². The first-order chi connectivity index (χ1) is 12.7. The number of amides is 1. The largest absolute Gasteiger partial charge is 0.371 e. The van der Waals surface area contributed by atoms with Gasteiger partial charge in [0, 0.05) is 42.3 Å². The summed E-state index contributed by atoms with van der Waals surface area (Å²) in [5, 5.41) is 0.831. The number of piperidine rings is 1. The number of carbonyl (C=O) groups is 1. The number of hydrogen-bond donors (Lipinski definition) is 0. The van der Waals surface area contributed by atoms with Gasteiger partial charge in [0.05, 0.1) is 0 Å². The SMILES string of the molecule is O=C1C(Cc2ccc(N3CCCCC3)cc2Cl)CCN1C1CCCCC1. The summed E-state index contributed by atoms with van der Waals surface area (Å²) in [6.07, 6.45) is 11.9. The van der Waals surface area contributed by atoms with Gasteiger partial charge in [-0.2, -0.15) is 0 Å². The van der Waals surface area contributed by atoms with Gasteiger partial charge in [0.1, 0.15) is 0 Å². The maximum atomic E-state index is 12.9. The zero-order valence-corrected chi connectivity index (χ0v) is 16.5. The van der Waals surface area contributed by atoms with E-state index in [1.165, 1.54) is 57.1 Å². The molecule has 3 nitrogen and oxygen atoms in total. The number of rotatable bonds is 4. The van der Waals surface area contributed by atoms with Gasteiger partial charge < -0.3 is 9.80 Å². The molecular weight excluding hydrogens is 344 g/mol. The molecule has 3 aliphatic rings. The maximum Gasteiger partial charge on any atom is 0.226 e. The van der Waals surface area contributed by atoms with E-state index >= 15 is 0 Å². The van der Waals surface area contributed by atoms with Gasteiger partial charge >= 0.3 is 0 Å². The number of hydrogen-bond acceptors (Lipinski definition) is 2. The molecular formula is C22H31ClN2O. The molecule has 0 aromatic heterocycles. The lowest BCUT2D eigenvalue weighted by Gasteiger charge is -2.31. The van der Waals surface area contributed by atoms with E-state index in [-0.39, 0.29) is 5.92 Å². The summed E-state index contributed by atoms with van der Waals surface area (Å²) < 4.78 is 0. The van der Waals surface area contributed by atoms with Gasteiger partial charge in [0.15, 0.2) is 0 Å². The first-order valence-corrected chi connectivity index (χ1v) is 10.9. The van der Waals surface area contributed by atoms with E-state index in [1.807, 2.05) is 0 Å². The molecule has 4 heteroatoms. The Balaban J connectivity index is 1.40. The molecule has 0 spiro atoms. The zero-order valence-electron chi connectivity index (χ0n) is 15.8. The van der Waals surface area contributed by atoms with Crippen LogP contribution in [0.1, 0.15) is 63.4 Å². The Morgan fingerprint density at radius 2 is 1.65 bits per heavy atom. The van der Waals surface area contributed by atoms with E-state index in [0.29, 0.717) is 11.9 Å². The molecule has 1 unspecified atom stereocenters. The third-order valence-electron chi connectivity index (χ3n) is 6.59. The number of carbonyl (C=O) groups excluding carboxylic acids is 1. The predicted octanol–water partition coefficient (Wildman–Crippen LogP) is 5.05. The van der Waals surface area contributed by atoms with E-state index in [9.17, 15) is 4.79 Å². The third-order valence-corrected chi connectivity index (χ3v) is 6.94. The van der Waals surface area contributed by atoms with E-state index in [4.69, 9.17) is 11.6 Å². The standard InChI is InChI=1S/C22H31ClN2O/c23-21-16-20(24-12-5-2-6-13-24)10-9-17(21)15-18-11-14-25(22(18)26)19-7-3-1-4-8-19/h9-10,16,18-19H,1-8,11-15H2. The molecule has 0 bridgehead atoms. The van der Waals surface area contributed by atoms with Gasteiger partial charge in [-0.1, -0.05) is 36.9 Å². The number of anilines is 1. The van der Waals surface area contributed by atoms with Crippen LogP contribution in [0.2, 0.25) is 5.02 Å². The molecule has 2 saturated heterocycles. The minimum absolute atomic E-state index is 0.121. The number of likely N-dealkylation sites (tertiary alicyclic amines) is 1. The van der Waals surface area contributed by atoms with E-state index in [2.05, 4.69) is 28.0 Å². The van der Waals surface area contributed by atoms with Crippen molar-refractivity contribution in [2.45, 2.75) is 70.3 Å². The number of benzene rings is 1. The second kappa shape index (κ2) is 8.21. The fourth-order valence-corrected chi connectivity index (χ4v) is 5.28. The van der Waals surface area contributed by atoms with Crippen LogP contribution in [0.25, 0.3) is 0 Å². The van der Waals surface area contributed by atoms with Gasteiger partial charge in [0.25, 0.3) is 0 Å². The highest BCUT2D eigenvalue weighted by atomic mass is 35.5. The lowest BCUT2D eigenvalue weighted by atomic mass is 9.94. The van der Waals surface area contributed by atoms with Crippen LogP contribution in [0.5, 0.6) is 0 Å². The summed E-state index contributed by atoms with van der Waals surface area (Å²) in [5.41, 5.74) is 2.37. The summed E-state index contributed by atoms with van der Waals surface area (Å²) in [4.78, 5) is 17.5. The zero-order chi connectivity index (χ0) is 17.9. The van der Waals surface area contributed by atoms with Gasteiger partial charge in [-0.05, 0) is 62.6 Å². The quantitative estimate of drug-likeness (QED) is 0.735. The normalized spacial score (nSPS) is 25.1. The molecule has 1 atom stereocenters. The summed E-state index contributed by atoms with van der Waals surface area (Å²) in [6, 6.07) is 6.96. The Morgan fingerprint density at radius 1 is 0.923 bits per heavy atom. The number of nitrogens with zero attached hydrogens (tertiary/aromatic N) is 2. The maximum absolute atomic E-state index is 12.9. The van der Waals surface area contributed by atoms with Crippen LogP contribution >= 0.6 is 11.6 Å². The van der Waals surface area contributed by atoms with Gasteiger partial charge in [-0.25, -0.2) is 0 Å². The van der Waals surface area contributed by atoms with Crippen LogP contribution in [0, 0.1) is 5.92 Å². The molecule has 1 aromatic rings. The topological polar surface area (TPSA) is 23.6 Å². The van der Waals surface area contributed by atoms with Gasteiger partial charge in [-0.3, -0.25) is 4.79 Å². The molecule has 1 amide bonds. The van der Waals surface area contributed by atoms with Crippen LogP contribution in [0.15, 0.2) is 18.2 Å². The van der Waals surface area contributed by atoms with Crippen molar-refractivity contribution < 1.29 is 4.79 Å². The van der Waals surface area contributed by atoms with E-state index in [1.54, 1.807) is 0 Å². The Kier molecular flexibility index (Phi) is 5.73. The lowest BCUT2D eigenvalue weighted by molar-refractivity contribution is -0.133. The van der Waals surface area contributed by atoms with Crippen molar-refractivity contribution >= 4 is 23.2 Å². The molecule has 4 rings (SSSR count). The molecule has 1 aromatic carbocycles. The first-order valence-electron chi connectivity index (χ1n) is 10.6. The van der Waals surface area contributed by atoms with Gasteiger partial charge in [-0.15, -0.1) is 0 Å². The highest BCUT2D eigenvalue weighted by molar-refractivity contribution is 6.31. The first kappa shape index (κ1) is 18.2. The van der Waals surface area contributed by atoms with Crippen molar-refractivity contribution in [1.82, 2.24) is 4.90 Å². The molecule has 3 fully saturated rings. The second-order valence-electron chi connectivity index (χ2n) is 8.34. The molecule has 1 saturated carbocycles. The van der Waals surface area contributed by atoms with Crippen LogP contribution in [-0.4, -0.2) is 36.5 Å². The molecule has 26 heavy (non-hydrogen) atoms. The molecule has 0 radical (unpaired) electrons. The average Bonchev–Trinajstić information content (AvgIpc) is 3.05.